The largest absolute Gasteiger partial charge is 0.416 e. The summed E-state index contributed by atoms with van der Waals surface area (Å²) in [7, 11) is 1.88. The lowest BCUT2D eigenvalue weighted by molar-refractivity contribution is -0.138. The van der Waals surface area contributed by atoms with Crippen LogP contribution in [0.15, 0.2) is 42.7 Å². The Bertz CT molecular complexity index is 1480. The van der Waals surface area contributed by atoms with E-state index in [1.165, 1.54) is 11.0 Å². The van der Waals surface area contributed by atoms with Crippen LogP contribution in [0.25, 0.3) is 0 Å². The van der Waals surface area contributed by atoms with Gasteiger partial charge < -0.3 is 18.9 Å². The highest BCUT2D eigenvalue weighted by atomic mass is 19.4. The van der Waals surface area contributed by atoms with Crippen LogP contribution < -0.4 is 4.90 Å². The third-order valence-electron chi connectivity index (χ3n) is 9.09. The van der Waals surface area contributed by atoms with Gasteiger partial charge >= 0.3 is 6.18 Å². The minimum atomic E-state index is -4.57. The van der Waals surface area contributed by atoms with Crippen molar-refractivity contribution in [2.45, 2.75) is 49.5 Å². The van der Waals surface area contributed by atoms with Crippen molar-refractivity contribution in [2.75, 3.05) is 37.9 Å². The van der Waals surface area contributed by atoms with Gasteiger partial charge in [-0.15, -0.1) is 10.2 Å². The fraction of sp³-hybridized carbons (Fsp3) is 0.483. The molecule has 8 nitrogen and oxygen atoms in total. The van der Waals surface area contributed by atoms with Crippen LogP contribution in [0.4, 0.5) is 18.9 Å². The average Bonchev–Trinajstić information content (AvgIpc) is 3.58. The molecule has 4 aliphatic rings. The molecule has 1 aromatic heterocycles. The molecular formula is C29H30F3N5O3. The second-order valence-electron chi connectivity index (χ2n) is 11.7. The number of carbonyl (C=O) groups is 1. The zero-order chi connectivity index (χ0) is 27.7. The fourth-order valence-electron chi connectivity index (χ4n) is 6.64. The Balaban J connectivity index is 1.20. The lowest BCUT2D eigenvalue weighted by atomic mass is 9.75. The summed E-state index contributed by atoms with van der Waals surface area (Å²) >= 11 is 0. The van der Waals surface area contributed by atoms with Gasteiger partial charge in [0, 0.05) is 36.7 Å². The van der Waals surface area contributed by atoms with E-state index in [-0.39, 0.29) is 28.6 Å². The number of nitrogens with zero attached hydrogens (tertiary/aromatic N) is 5. The van der Waals surface area contributed by atoms with Crippen LogP contribution in [0.2, 0.25) is 0 Å². The molecule has 2 aromatic carbocycles. The molecule has 4 aliphatic heterocycles. The Labute approximate surface area is 229 Å². The van der Waals surface area contributed by atoms with Crippen molar-refractivity contribution in [3.8, 4) is 0 Å². The van der Waals surface area contributed by atoms with E-state index >= 15 is 0 Å². The number of alkyl halides is 3. The van der Waals surface area contributed by atoms with Crippen LogP contribution in [0, 0.1) is 0 Å². The maximum absolute atomic E-state index is 14.3. The van der Waals surface area contributed by atoms with E-state index in [1.807, 2.05) is 29.8 Å². The summed E-state index contributed by atoms with van der Waals surface area (Å²) in [4.78, 5) is 17.4. The first-order valence-corrected chi connectivity index (χ1v) is 13.6. The molecule has 40 heavy (non-hydrogen) atoms. The number of hydrogen-bond acceptors (Lipinski definition) is 6. The molecule has 3 fully saturated rings. The smallest absolute Gasteiger partial charge is 0.379 e. The molecule has 0 N–H and O–H groups in total. The van der Waals surface area contributed by atoms with Gasteiger partial charge in [0.15, 0.2) is 0 Å². The second-order valence-corrected chi connectivity index (χ2v) is 11.7. The lowest BCUT2D eigenvalue weighted by Gasteiger charge is -2.45. The van der Waals surface area contributed by atoms with Crippen molar-refractivity contribution < 1.29 is 27.4 Å². The van der Waals surface area contributed by atoms with E-state index in [0.29, 0.717) is 50.6 Å². The monoisotopic (exact) mass is 553 g/mol. The normalized spacial score (nSPS) is 21.5. The number of benzene rings is 2. The van der Waals surface area contributed by atoms with Crippen molar-refractivity contribution >= 4 is 11.6 Å². The SMILES string of the molecule is Cn1cnnc1CC1(c2cccc(N3Cc4c(cc(CN5CCCC56COC6)cc4C(F)(F)F)C3=O)c2)COC1. The zero-order valence-corrected chi connectivity index (χ0v) is 22.2. The topological polar surface area (TPSA) is 72.7 Å². The van der Waals surface area contributed by atoms with Gasteiger partial charge in [0.25, 0.3) is 5.91 Å². The molecule has 1 spiro atoms. The summed E-state index contributed by atoms with van der Waals surface area (Å²) in [6.45, 7) is 3.25. The average molecular weight is 554 g/mol. The maximum Gasteiger partial charge on any atom is 0.416 e. The van der Waals surface area contributed by atoms with Gasteiger partial charge in [-0.2, -0.15) is 13.2 Å². The predicted octanol–water partition coefficient (Wildman–Crippen LogP) is 3.87. The molecule has 210 valence electrons. The number of ether oxygens (including phenoxy) is 2. The number of rotatable bonds is 6. The van der Waals surface area contributed by atoms with Crippen molar-refractivity contribution in [1.82, 2.24) is 19.7 Å². The summed E-state index contributed by atoms with van der Waals surface area (Å²) in [5.41, 5.74) is 1.07. The van der Waals surface area contributed by atoms with Crippen LogP contribution >= 0.6 is 0 Å². The Morgan fingerprint density at radius 3 is 2.52 bits per heavy atom. The predicted molar refractivity (Wildman–Crippen MR) is 139 cm³/mol. The van der Waals surface area contributed by atoms with E-state index in [9.17, 15) is 18.0 Å². The van der Waals surface area contributed by atoms with E-state index in [1.54, 1.807) is 18.5 Å². The number of halogens is 3. The molecule has 3 saturated heterocycles. The quantitative estimate of drug-likeness (QED) is 0.462. The van der Waals surface area contributed by atoms with Gasteiger partial charge in [0.05, 0.1) is 44.1 Å². The van der Waals surface area contributed by atoms with Crippen LogP contribution in [-0.2, 0) is 47.6 Å². The molecule has 0 radical (unpaired) electrons. The van der Waals surface area contributed by atoms with E-state index in [0.717, 1.165) is 30.8 Å². The molecule has 11 heteroatoms. The molecule has 0 bridgehead atoms. The molecule has 5 heterocycles. The fourth-order valence-corrected chi connectivity index (χ4v) is 6.64. The van der Waals surface area contributed by atoms with Gasteiger partial charge in [-0.3, -0.25) is 9.69 Å². The summed E-state index contributed by atoms with van der Waals surface area (Å²) < 4.78 is 55.9. The van der Waals surface area contributed by atoms with Crippen LogP contribution in [-0.4, -0.2) is 64.1 Å². The van der Waals surface area contributed by atoms with Gasteiger partial charge in [0.2, 0.25) is 0 Å². The summed E-state index contributed by atoms with van der Waals surface area (Å²) in [5.74, 6) is 0.406. The molecule has 7 rings (SSSR count). The first kappa shape index (κ1) is 25.7. The Hall–Kier alpha value is -3.28. The van der Waals surface area contributed by atoms with Crippen molar-refractivity contribution in [2.24, 2.45) is 7.05 Å². The summed E-state index contributed by atoms with van der Waals surface area (Å²) in [5, 5.41) is 8.19. The van der Waals surface area contributed by atoms with E-state index in [4.69, 9.17) is 9.47 Å². The summed E-state index contributed by atoms with van der Waals surface area (Å²) in [6, 6.07) is 10.4. The molecular weight excluding hydrogens is 523 g/mol. The Morgan fingerprint density at radius 1 is 1.07 bits per heavy atom. The van der Waals surface area contributed by atoms with Gasteiger partial charge in [-0.05, 0) is 60.3 Å². The standard InChI is InChI=1S/C29H30F3N5O3/c1-35-18-33-34-25(35)11-27(14-39-15-27)20-4-2-5-21(10-20)37-13-23-22(26(37)38)8-19(9-24(23)29(30,31)32)12-36-7-3-6-28(36)16-40-17-28/h2,4-5,8-10,18H,3,6-7,11-17H2,1H3. The number of aromatic nitrogens is 3. The van der Waals surface area contributed by atoms with E-state index < -0.39 is 17.6 Å². The Morgan fingerprint density at radius 2 is 1.88 bits per heavy atom. The molecule has 1 amide bonds. The highest BCUT2D eigenvalue weighted by Crippen LogP contribution is 2.43. The molecule has 0 atom stereocenters. The number of aryl methyl sites for hydroxylation is 1. The van der Waals surface area contributed by atoms with Crippen LogP contribution in [0.5, 0.6) is 0 Å². The zero-order valence-electron chi connectivity index (χ0n) is 22.2. The minimum Gasteiger partial charge on any atom is -0.379 e. The second kappa shape index (κ2) is 9.12. The van der Waals surface area contributed by atoms with Crippen molar-refractivity contribution in [3.63, 3.8) is 0 Å². The highest BCUT2D eigenvalue weighted by molar-refractivity contribution is 6.10. The summed E-state index contributed by atoms with van der Waals surface area (Å²) in [6.07, 6.45) is -0.340. The molecule has 0 saturated carbocycles. The number of amides is 1. The molecule has 0 aliphatic carbocycles. The Kier molecular flexibility index (Phi) is 5.85. The maximum atomic E-state index is 14.3. The third kappa shape index (κ3) is 4.05. The highest BCUT2D eigenvalue weighted by Gasteiger charge is 2.48. The van der Waals surface area contributed by atoms with Crippen LogP contribution in [0.1, 0.15) is 51.3 Å². The molecule has 0 unspecified atom stereocenters. The third-order valence-corrected chi connectivity index (χ3v) is 9.09. The number of likely N-dealkylation sites (tertiary alicyclic amines) is 1. The number of hydrogen-bond donors (Lipinski definition) is 0. The van der Waals surface area contributed by atoms with Gasteiger partial charge in [-0.25, -0.2) is 0 Å². The molecule has 3 aromatic rings. The van der Waals surface area contributed by atoms with Gasteiger partial charge in [0.1, 0.15) is 12.2 Å². The minimum absolute atomic E-state index is 0.0375. The number of anilines is 1. The lowest BCUT2D eigenvalue weighted by Crippen LogP contribution is -2.58. The van der Waals surface area contributed by atoms with Crippen molar-refractivity contribution in [3.05, 3.63) is 76.4 Å². The number of carbonyl (C=O) groups excluding carboxylic acids is 1. The first-order chi connectivity index (χ1) is 19.2. The van der Waals surface area contributed by atoms with Crippen LogP contribution in [0.3, 0.4) is 0 Å². The van der Waals surface area contributed by atoms with E-state index in [2.05, 4.69) is 15.1 Å². The van der Waals surface area contributed by atoms with Gasteiger partial charge in [-0.1, -0.05) is 12.1 Å². The number of fused-ring (bicyclic) bond motifs is 1. The first-order valence-electron chi connectivity index (χ1n) is 13.6. The van der Waals surface area contributed by atoms with Crippen molar-refractivity contribution in [1.29, 1.82) is 0 Å².